The van der Waals surface area contributed by atoms with Crippen molar-refractivity contribution in [3.05, 3.63) is 65.5 Å². The van der Waals surface area contributed by atoms with Gasteiger partial charge in [-0.3, -0.25) is 10.3 Å². The van der Waals surface area contributed by atoms with Crippen molar-refractivity contribution < 1.29 is 4.74 Å². The average Bonchev–Trinajstić information content (AvgIpc) is 3.25. The molecule has 0 bridgehead atoms. The number of nitrogens with zero attached hydrogens (tertiary/aromatic N) is 3. The minimum Gasteiger partial charge on any atom is -0.492 e. The summed E-state index contributed by atoms with van der Waals surface area (Å²) in [6, 6.07) is 18.1. The number of hydrogen-bond donors (Lipinski definition) is 1. The van der Waals surface area contributed by atoms with Crippen molar-refractivity contribution >= 4 is 22.7 Å². The van der Waals surface area contributed by atoms with Crippen LogP contribution in [0.25, 0.3) is 11.3 Å². The number of rotatable bonds is 8. The highest BCUT2D eigenvalue weighted by molar-refractivity contribution is 7.14. The van der Waals surface area contributed by atoms with Crippen LogP contribution in [0, 0.1) is 0 Å². The zero-order chi connectivity index (χ0) is 19.7. The first-order valence-corrected chi connectivity index (χ1v) is 11.0. The number of thiazole rings is 1. The molecule has 2 heterocycles. The number of hydrazone groups is 1. The highest BCUT2D eigenvalue weighted by Crippen LogP contribution is 2.24. The molecule has 1 saturated heterocycles. The molecule has 3 aromatic rings. The number of benzene rings is 2. The van der Waals surface area contributed by atoms with Gasteiger partial charge in [-0.25, -0.2) is 4.98 Å². The summed E-state index contributed by atoms with van der Waals surface area (Å²) in [5.74, 6) is 0.860. The fourth-order valence-corrected chi connectivity index (χ4v) is 4.08. The Balaban J connectivity index is 1.32. The van der Waals surface area contributed by atoms with E-state index in [1.54, 1.807) is 17.6 Å². The number of aromatic nitrogens is 1. The first kappa shape index (κ1) is 19.6. The maximum Gasteiger partial charge on any atom is 0.203 e. The second-order valence-electron chi connectivity index (χ2n) is 7.06. The molecule has 5 nitrogen and oxygen atoms in total. The average molecular weight is 407 g/mol. The van der Waals surface area contributed by atoms with Gasteiger partial charge in [0.25, 0.3) is 0 Å². The maximum atomic E-state index is 6.03. The normalized spacial score (nSPS) is 14.9. The van der Waals surface area contributed by atoms with Gasteiger partial charge in [0.15, 0.2) is 0 Å². The van der Waals surface area contributed by atoms with Gasteiger partial charge in [-0.05, 0) is 38.1 Å². The van der Waals surface area contributed by atoms with Gasteiger partial charge >= 0.3 is 0 Å². The Morgan fingerprint density at radius 3 is 2.69 bits per heavy atom. The Bertz CT molecular complexity index is 919. The van der Waals surface area contributed by atoms with Crippen molar-refractivity contribution in [2.45, 2.75) is 19.3 Å². The van der Waals surface area contributed by atoms with E-state index < -0.39 is 0 Å². The molecule has 0 atom stereocenters. The van der Waals surface area contributed by atoms with Gasteiger partial charge in [0, 0.05) is 23.1 Å². The minimum absolute atomic E-state index is 0.700. The van der Waals surface area contributed by atoms with Gasteiger partial charge in [-0.1, -0.05) is 48.9 Å². The molecule has 150 valence electrons. The Kier molecular flexibility index (Phi) is 6.89. The second kappa shape index (κ2) is 10.2. The molecular weight excluding hydrogens is 380 g/mol. The number of anilines is 1. The molecule has 0 aliphatic carbocycles. The Morgan fingerprint density at radius 2 is 1.83 bits per heavy atom. The van der Waals surface area contributed by atoms with Crippen LogP contribution in [-0.4, -0.2) is 42.3 Å². The zero-order valence-electron chi connectivity index (χ0n) is 16.5. The molecule has 0 radical (unpaired) electrons. The molecule has 1 aliphatic heterocycles. The van der Waals surface area contributed by atoms with E-state index in [0.717, 1.165) is 34.2 Å². The fraction of sp³-hybridized carbons (Fsp3) is 0.304. The fourth-order valence-electron chi connectivity index (χ4n) is 3.41. The van der Waals surface area contributed by atoms with Gasteiger partial charge < -0.3 is 4.74 Å². The van der Waals surface area contributed by atoms with E-state index in [1.807, 2.05) is 47.8 Å². The van der Waals surface area contributed by atoms with E-state index >= 15 is 0 Å². The van der Waals surface area contributed by atoms with Crippen molar-refractivity contribution in [3.63, 3.8) is 0 Å². The molecule has 4 rings (SSSR count). The lowest BCUT2D eigenvalue weighted by Gasteiger charge is -2.26. The topological polar surface area (TPSA) is 49.8 Å². The third kappa shape index (κ3) is 5.65. The summed E-state index contributed by atoms with van der Waals surface area (Å²) in [5.41, 5.74) is 6.05. The van der Waals surface area contributed by atoms with Crippen molar-refractivity contribution in [1.29, 1.82) is 0 Å². The third-order valence-corrected chi connectivity index (χ3v) is 5.72. The Labute approximate surface area is 176 Å². The monoisotopic (exact) mass is 406 g/mol. The summed E-state index contributed by atoms with van der Waals surface area (Å²) < 4.78 is 6.03. The van der Waals surface area contributed by atoms with Gasteiger partial charge in [0.1, 0.15) is 12.4 Å². The summed E-state index contributed by atoms with van der Waals surface area (Å²) in [5, 5.41) is 7.16. The minimum atomic E-state index is 0.700. The smallest absolute Gasteiger partial charge is 0.203 e. The van der Waals surface area contributed by atoms with E-state index in [2.05, 4.69) is 32.5 Å². The van der Waals surface area contributed by atoms with Crippen LogP contribution in [0.2, 0.25) is 0 Å². The molecular formula is C23H26N4OS. The Hall–Kier alpha value is -2.70. The first-order valence-electron chi connectivity index (χ1n) is 10.1. The van der Waals surface area contributed by atoms with Crippen molar-refractivity contribution in [2.24, 2.45) is 5.10 Å². The van der Waals surface area contributed by atoms with Gasteiger partial charge in [-0.2, -0.15) is 5.10 Å². The summed E-state index contributed by atoms with van der Waals surface area (Å²) in [7, 11) is 0. The van der Waals surface area contributed by atoms with Crippen LogP contribution in [0.3, 0.4) is 0 Å². The number of nitrogens with one attached hydrogen (secondary N) is 1. The molecule has 1 aliphatic rings. The highest BCUT2D eigenvalue weighted by Gasteiger charge is 2.10. The van der Waals surface area contributed by atoms with Crippen LogP contribution in [0.4, 0.5) is 5.13 Å². The highest BCUT2D eigenvalue weighted by atomic mass is 32.1. The summed E-state index contributed by atoms with van der Waals surface area (Å²) >= 11 is 1.54. The van der Waals surface area contributed by atoms with E-state index in [-0.39, 0.29) is 0 Å². The number of piperidine rings is 1. The SMILES string of the molecule is C(=NNc1nc(-c2ccccc2)cs1)c1ccccc1OCCN1CCCCC1. The number of likely N-dealkylation sites (tertiary alicyclic amines) is 1. The molecule has 29 heavy (non-hydrogen) atoms. The largest absolute Gasteiger partial charge is 0.492 e. The quantitative estimate of drug-likeness (QED) is 0.417. The number of ether oxygens (including phenoxy) is 1. The van der Waals surface area contributed by atoms with Crippen LogP contribution in [-0.2, 0) is 0 Å². The predicted octanol–water partition coefficient (Wildman–Crippen LogP) is 5.12. The third-order valence-electron chi connectivity index (χ3n) is 4.97. The predicted molar refractivity (Wildman–Crippen MR) is 121 cm³/mol. The lowest BCUT2D eigenvalue weighted by atomic mass is 10.1. The standard InChI is InChI=1S/C23H26N4OS/c1-3-9-19(10-4-1)21-18-29-23(25-21)26-24-17-20-11-5-6-12-22(20)28-16-15-27-13-7-2-8-14-27/h1,3-6,9-12,17-18H,2,7-8,13-16H2,(H,25,26). The second-order valence-corrected chi connectivity index (χ2v) is 7.92. The zero-order valence-corrected chi connectivity index (χ0v) is 17.3. The van der Waals surface area contributed by atoms with Gasteiger partial charge in [0.2, 0.25) is 5.13 Å². The van der Waals surface area contributed by atoms with Crippen LogP contribution in [0.5, 0.6) is 5.75 Å². The molecule has 1 fully saturated rings. The molecule has 6 heteroatoms. The van der Waals surface area contributed by atoms with Crippen LogP contribution < -0.4 is 10.2 Å². The molecule has 0 spiro atoms. The number of hydrogen-bond acceptors (Lipinski definition) is 6. The Morgan fingerprint density at radius 1 is 1.03 bits per heavy atom. The van der Waals surface area contributed by atoms with Gasteiger partial charge in [0.05, 0.1) is 11.9 Å². The number of para-hydroxylation sites is 1. The molecule has 0 unspecified atom stereocenters. The summed E-state index contributed by atoms with van der Waals surface area (Å²) in [6.07, 6.45) is 5.75. The molecule has 1 N–H and O–H groups in total. The van der Waals surface area contributed by atoms with Gasteiger partial charge in [-0.15, -0.1) is 11.3 Å². The van der Waals surface area contributed by atoms with E-state index in [4.69, 9.17) is 4.74 Å². The lowest BCUT2D eigenvalue weighted by Crippen LogP contribution is -2.33. The van der Waals surface area contributed by atoms with Crippen LogP contribution in [0.15, 0.2) is 65.1 Å². The maximum absolute atomic E-state index is 6.03. The first-order chi connectivity index (χ1) is 14.4. The van der Waals surface area contributed by atoms with Crippen molar-refractivity contribution in [3.8, 4) is 17.0 Å². The molecule has 0 saturated carbocycles. The molecule has 2 aromatic carbocycles. The van der Waals surface area contributed by atoms with E-state index in [0.29, 0.717) is 6.61 Å². The molecule has 0 amide bonds. The molecule has 1 aromatic heterocycles. The van der Waals surface area contributed by atoms with Crippen LogP contribution in [0.1, 0.15) is 24.8 Å². The van der Waals surface area contributed by atoms with Crippen molar-refractivity contribution in [1.82, 2.24) is 9.88 Å². The summed E-state index contributed by atoms with van der Waals surface area (Å²) in [6.45, 7) is 4.06. The van der Waals surface area contributed by atoms with Crippen LogP contribution >= 0.6 is 11.3 Å². The van der Waals surface area contributed by atoms with E-state index in [9.17, 15) is 0 Å². The van der Waals surface area contributed by atoms with Crippen molar-refractivity contribution in [2.75, 3.05) is 31.7 Å². The lowest BCUT2D eigenvalue weighted by molar-refractivity contribution is 0.183. The summed E-state index contributed by atoms with van der Waals surface area (Å²) in [4.78, 5) is 7.07. The van der Waals surface area contributed by atoms with E-state index in [1.165, 1.54) is 32.4 Å².